The van der Waals surface area contributed by atoms with E-state index in [1.54, 1.807) is 13.4 Å². The van der Waals surface area contributed by atoms with Gasteiger partial charge in [0.2, 0.25) is 0 Å². The average molecular weight is 419 g/mol. The van der Waals surface area contributed by atoms with E-state index in [0.717, 1.165) is 30.0 Å². The van der Waals surface area contributed by atoms with Crippen molar-refractivity contribution in [3.8, 4) is 5.75 Å². The number of para-hydroxylation sites is 2. The fraction of sp³-hybridized carbons (Fsp3) is 0.250. The van der Waals surface area contributed by atoms with Crippen molar-refractivity contribution >= 4 is 17.5 Å². The molecule has 1 aliphatic rings. The van der Waals surface area contributed by atoms with Crippen LogP contribution in [0.25, 0.3) is 0 Å². The number of amides is 2. The maximum atomic E-state index is 12.4. The SMILES string of the molecule is COc1ccccc1CNC(=O)C(=O)NC[C@@H](c1ccco1)N1CCc2ccccc21. The first-order valence-corrected chi connectivity index (χ1v) is 10.2. The third kappa shape index (κ3) is 4.55. The summed E-state index contributed by atoms with van der Waals surface area (Å²) in [6.07, 6.45) is 2.55. The molecule has 0 saturated carbocycles. The summed E-state index contributed by atoms with van der Waals surface area (Å²) >= 11 is 0. The Labute approximate surface area is 181 Å². The Balaban J connectivity index is 1.39. The van der Waals surface area contributed by atoms with Crippen molar-refractivity contribution < 1.29 is 18.7 Å². The Morgan fingerprint density at radius 1 is 1.03 bits per heavy atom. The highest BCUT2D eigenvalue weighted by atomic mass is 16.5. The average Bonchev–Trinajstić information content (AvgIpc) is 3.48. The molecule has 3 aromatic rings. The van der Waals surface area contributed by atoms with Crippen LogP contribution in [0.4, 0.5) is 5.69 Å². The molecule has 2 N–H and O–H groups in total. The molecule has 1 aliphatic heterocycles. The maximum Gasteiger partial charge on any atom is 0.309 e. The van der Waals surface area contributed by atoms with Crippen LogP contribution in [0.1, 0.15) is 22.9 Å². The van der Waals surface area contributed by atoms with E-state index < -0.39 is 11.8 Å². The number of carbonyl (C=O) groups excluding carboxylic acids is 2. The number of ether oxygens (including phenoxy) is 1. The van der Waals surface area contributed by atoms with Gasteiger partial charge >= 0.3 is 11.8 Å². The van der Waals surface area contributed by atoms with E-state index in [0.29, 0.717) is 5.75 Å². The number of methoxy groups -OCH3 is 1. The maximum absolute atomic E-state index is 12.4. The Hall–Kier alpha value is -3.74. The van der Waals surface area contributed by atoms with Crippen molar-refractivity contribution in [3.05, 3.63) is 83.8 Å². The number of nitrogens with zero attached hydrogens (tertiary/aromatic N) is 1. The van der Waals surface area contributed by atoms with E-state index in [-0.39, 0.29) is 19.1 Å². The van der Waals surface area contributed by atoms with Crippen LogP contribution >= 0.6 is 0 Å². The normalized spacial score (nSPS) is 13.4. The summed E-state index contributed by atoms with van der Waals surface area (Å²) in [5, 5.41) is 5.41. The molecule has 7 heteroatoms. The molecule has 160 valence electrons. The van der Waals surface area contributed by atoms with Gasteiger partial charge in [-0.05, 0) is 36.2 Å². The van der Waals surface area contributed by atoms with Crippen molar-refractivity contribution in [1.29, 1.82) is 0 Å². The quantitative estimate of drug-likeness (QED) is 0.576. The number of nitrogens with one attached hydrogen (secondary N) is 2. The molecule has 0 spiro atoms. The van der Waals surface area contributed by atoms with Gasteiger partial charge in [-0.1, -0.05) is 36.4 Å². The van der Waals surface area contributed by atoms with E-state index in [2.05, 4.69) is 27.7 Å². The smallest absolute Gasteiger partial charge is 0.309 e. The zero-order chi connectivity index (χ0) is 21.6. The molecule has 2 aromatic carbocycles. The zero-order valence-corrected chi connectivity index (χ0v) is 17.3. The summed E-state index contributed by atoms with van der Waals surface area (Å²) in [7, 11) is 1.57. The number of benzene rings is 2. The van der Waals surface area contributed by atoms with Crippen LogP contribution in [0.5, 0.6) is 5.75 Å². The third-order valence-corrected chi connectivity index (χ3v) is 5.47. The van der Waals surface area contributed by atoms with E-state index in [9.17, 15) is 9.59 Å². The summed E-state index contributed by atoms with van der Waals surface area (Å²) in [4.78, 5) is 27.0. The lowest BCUT2D eigenvalue weighted by Gasteiger charge is -2.29. The lowest BCUT2D eigenvalue weighted by atomic mass is 10.1. The van der Waals surface area contributed by atoms with E-state index in [1.807, 2.05) is 48.5 Å². The Bertz CT molecular complexity index is 1050. The highest BCUT2D eigenvalue weighted by Gasteiger charge is 2.29. The lowest BCUT2D eigenvalue weighted by molar-refractivity contribution is -0.139. The first-order valence-electron chi connectivity index (χ1n) is 10.2. The van der Waals surface area contributed by atoms with Gasteiger partial charge in [0.05, 0.1) is 13.4 Å². The molecule has 1 atom stereocenters. The summed E-state index contributed by atoms with van der Waals surface area (Å²) in [6, 6.07) is 19.1. The highest BCUT2D eigenvalue weighted by molar-refractivity contribution is 6.35. The van der Waals surface area contributed by atoms with Crippen LogP contribution in [0.15, 0.2) is 71.3 Å². The van der Waals surface area contributed by atoms with Crippen molar-refractivity contribution in [3.63, 3.8) is 0 Å². The Morgan fingerprint density at radius 3 is 2.61 bits per heavy atom. The molecular formula is C24H25N3O4. The molecule has 2 amide bonds. The second-order valence-corrected chi connectivity index (χ2v) is 7.31. The Morgan fingerprint density at radius 2 is 1.81 bits per heavy atom. The predicted molar refractivity (Wildman–Crippen MR) is 117 cm³/mol. The molecular weight excluding hydrogens is 394 g/mol. The minimum atomic E-state index is -0.689. The highest BCUT2D eigenvalue weighted by Crippen LogP contribution is 2.34. The number of anilines is 1. The molecule has 1 aromatic heterocycles. The van der Waals surface area contributed by atoms with Crippen LogP contribution in [-0.2, 0) is 22.6 Å². The van der Waals surface area contributed by atoms with Gasteiger partial charge in [-0.15, -0.1) is 0 Å². The zero-order valence-electron chi connectivity index (χ0n) is 17.3. The minimum Gasteiger partial charge on any atom is -0.496 e. The molecule has 0 saturated heterocycles. The fourth-order valence-electron chi connectivity index (χ4n) is 3.91. The molecule has 7 nitrogen and oxygen atoms in total. The standard InChI is InChI=1S/C24H25N3O4/c1-30-21-10-5-3-8-18(21)15-25-23(28)24(29)26-16-20(22-11-6-14-31-22)27-13-12-17-7-2-4-9-19(17)27/h2-11,14,20H,12-13,15-16H2,1H3,(H,25,28)(H,26,29)/t20-/m0/s1. The van der Waals surface area contributed by atoms with Crippen LogP contribution in [-0.4, -0.2) is 32.0 Å². The van der Waals surface area contributed by atoms with E-state index >= 15 is 0 Å². The molecule has 0 radical (unpaired) electrons. The molecule has 4 rings (SSSR count). The topological polar surface area (TPSA) is 83.8 Å². The number of carbonyl (C=O) groups is 2. The third-order valence-electron chi connectivity index (χ3n) is 5.47. The molecule has 0 bridgehead atoms. The molecule has 0 aliphatic carbocycles. The van der Waals surface area contributed by atoms with Crippen LogP contribution in [0.3, 0.4) is 0 Å². The van der Waals surface area contributed by atoms with Crippen molar-refractivity contribution in [2.24, 2.45) is 0 Å². The summed E-state index contributed by atoms with van der Waals surface area (Å²) in [6.45, 7) is 1.28. The van der Waals surface area contributed by atoms with Crippen molar-refractivity contribution in [1.82, 2.24) is 10.6 Å². The second-order valence-electron chi connectivity index (χ2n) is 7.31. The van der Waals surface area contributed by atoms with Crippen LogP contribution < -0.4 is 20.3 Å². The summed E-state index contributed by atoms with van der Waals surface area (Å²) in [5.41, 5.74) is 3.19. The Kier molecular flexibility index (Phi) is 6.21. The minimum absolute atomic E-state index is 0.204. The molecule has 31 heavy (non-hydrogen) atoms. The molecule has 0 fully saturated rings. The van der Waals surface area contributed by atoms with Crippen LogP contribution in [0.2, 0.25) is 0 Å². The largest absolute Gasteiger partial charge is 0.496 e. The van der Waals surface area contributed by atoms with Crippen LogP contribution in [0, 0.1) is 0 Å². The predicted octanol–water partition coefficient (Wildman–Crippen LogP) is 2.82. The first kappa shape index (κ1) is 20.5. The number of fused-ring (bicyclic) bond motifs is 1. The van der Waals surface area contributed by atoms with Gasteiger partial charge < -0.3 is 24.7 Å². The number of hydrogen-bond donors (Lipinski definition) is 2. The van der Waals surface area contributed by atoms with Crippen molar-refractivity contribution in [2.75, 3.05) is 25.1 Å². The van der Waals surface area contributed by atoms with Gasteiger partial charge in [-0.2, -0.15) is 0 Å². The van der Waals surface area contributed by atoms with Gasteiger partial charge in [0.15, 0.2) is 0 Å². The van der Waals surface area contributed by atoms with E-state index in [4.69, 9.17) is 9.15 Å². The monoisotopic (exact) mass is 419 g/mol. The molecule has 0 unspecified atom stereocenters. The number of rotatable bonds is 7. The number of furan rings is 1. The van der Waals surface area contributed by atoms with Gasteiger partial charge in [0.25, 0.3) is 0 Å². The first-order chi connectivity index (χ1) is 15.2. The van der Waals surface area contributed by atoms with Gasteiger partial charge in [-0.25, -0.2) is 0 Å². The fourth-order valence-corrected chi connectivity index (χ4v) is 3.91. The summed E-state index contributed by atoms with van der Waals surface area (Å²) < 4.78 is 10.9. The number of hydrogen-bond acceptors (Lipinski definition) is 5. The van der Waals surface area contributed by atoms with Gasteiger partial charge in [0.1, 0.15) is 17.6 Å². The van der Waals surface area contributed by atoms with Crippen molar-refractivity contribution in [2.45, 2.75) is 19.0 Å². The lowest BCUT2D eigenvalue weighted by Crippen LogP contribution is -2.43. The van der Waals surface area contributed by atoms with Gasteiger partial charge in [-0.3, -0.25) is 9.59 Å². The van der Waals surface area contributed by atoms with E-state index in [1.165, 1.54) is 5.56 Å². The molecule has 2 heterocycles. The second kappa shape index (κ2) is 9.38. The van der Waals surface area contributed by atoms with Gasteiger partial charge in [0, 0.05) is 30.9 Å². The summed E-state index contributed by atoms with van der Waals surface area (Å²) in [5.74, 6) is 0.0325.